The van der Waals surface area contributed by atoms with E-state index in [-0.39, 0.29) is 29.9 Å². The van der Waals surface area contributed by atoms with Crippen molar-refractivity contribution in [1.29, 1.82) is 0 Å². The molecule has 0 fully saturated rings. The molecule has 0 aliphatic rings. The summed E-state index contributed by atoms with van der Waals surface area (Å²) in [7, 11) is -3.91. The summed E-state index contributed by atoms with van der Waals surface area (Å²) >= 11 is 7.56. The van der Waals surface area contributed by atoms with E-state index in [4.69, 9.17) is 11.6 Å². The number of hydrogen-bond acceptors (Lipinski definition) is 4. The van der Waals surface area contributed by atoms with Crippen molar-refractivity contribution in [2.45, 2.75) is 29.3 Å². The SMILES string of the molecule is CSc1ccc([C@@H](C)NC(=O)CN(Cc2ccccc2)S(=O)(=O)c2ccc(Cl)cc2)cc1. The number of amides is 1. The van der Waals surface area contributed by atoms with E-state index in [1.165, 1.54) is 28.6 Å². The predicted molar refractivity (Wildman–Crippen MR) is 130 cm³/mol. The standard InChI is InChI=1S/C24H25ClN2O3S2/c1-18(20-8-12-22(31-2)13-9-20)26-24(28)17-27(16-19-6-4-3-5-7-19)32(29,30)23-14-10-21(25)11-15-23/h3-15,18H,16-17H2,1-2H3,(H,26,28)/t18-/m1/s1. The van der Waals surface area contributed by atoms with Gasteiger partial charge in [0.25, 0.3) is 0 Å². The Morgan fingerprint density at radius 2 is 1.62 bits per heavy atom. The Balaban J connectivity index is 1.79. The van der Waals surface area contributed by atoms with Crippen LogP contribution in [0.3, 0.4) is 0 Å². The molecule has 0 bridgehead atoms. The first-order valence-electron chi connectivity index (χ1n) is 10.0. The first-order chi connectivity index (χ1) is 15.3. The second-order valence-corrected chi connectivity index (χ2v) is 10.5. The molecule has 0 aliphatic heterocycles. The zero-order valence-electron chi connectivity index (χ0n) is 17.9. The molecule has 5 nitrogen and oxygen atoms in total. The van der Waals surface area contributed by atoms with Gasteiger partial charge in [0.05, 0.1) is 17.5 Å². The summed E-state index contributed by atoms with van der Waals surface area (Å²) < 4.78 is 27.8. The Labute approximate surface area is 198 Å². The van der Waals surface area contributed by atoms with Crippen molar-refractivity contribution in [2.24, 2.45) is 0 Å². The number of thioether (sulfide) groups is 1. The molecule has 0 saturated carbocycles. The quantitative estimate of drug-likeness (QED) is 0.424. The van der Waals surface area contributed by atoms with E-state index < -0.39 is 10.0 Å². The highest BCUT2D eigenvalue weighted by Crippen LogP contribution is 2.22. The van der Waals surface area contributed by atoms with Gasteiger partial charge in [-0.2, -0.15) is 4.31 Å². The molecule has 0 unspecified atom stereocenters. The lowest BCUT2D eigenvalue weighted by Crippen LogP contribution is -2.41. The maximum Gasteiger partial charge on any atom is 0.243 e. The number of benzene rings is 3. The number of halogens is 1. The van der Waals surface area contributed by atoms with Gasteiger partial charge in [0.2, 0.25) is 15.9 Å². The topological polar surface area (TPSA) is 66.5 Å². The molecule has 1 amide bonds. The van der Waals surface area contributed by atoms with Crippen LogP contribution >= 0.6 is 23.4 Å². The van der Waals surface area contributed by atoms with Gasteiger partial charge in [0, 0.05) is 16.5 Å². The first-order valence-corrected chi connectivity index (χ1v) is 13.1. The molecular weight excluding hydrogens is 464 g/mol. The Kier molecular flexibility index (Phi) is 8.37. The van der Waals surface area contributed by atoms with Crippen LogP contribution in [0.2, 0.25) is 5.02 Å². The molecule has 1 atom stereocenters. The number of nitrogens with zero attached hydrogens (tertiary/aromatic N) is 1. The Morgan fingerprint density at radius 3 is 2.22 bits per heavy atom. The second-order valence-electron chi connectivity index (χ2n) is 7.27. The summed E-state index contributed by atoms with van der Waals surface area (Å²) in [4.78, 5) is 14.1. The van der Waals surface area contributed by atoms with Gasteiger partial charge in [-0.15, -0.1) is 11.8 Å². The molecule has 0 saturated heterocycles. The van der Waals surface area contributed by atoms with Crippen LogP contribution in [-0.4, -0.2) is 31.4 Å². The predicted octanol–water partition coefficient (Wildman–Crippen LogP) is 5.13. The van der Waals surface area contributed by atoms with E-state index in [0.717, 1.165) is 16.0 Å². The fourth-order valence-corrected chi connectivity index (χ4v) is 5.11. The highest BCUT2D eigenvalue weighted by Gasteiger charge is 2.27. The average Bonchev–Trinajstić information content (AvgIpc) is 2.79. The Hall–Kier alpha value is -2.32. The van der Waals surface area contributed by atoms with E-state index in [0.29, 0.717) is 5.02 Å². The smallest absolute Gasteiger partial charge is 0.243 e. The van der Waals surface area contributed by atoms with Gasteiger partial charge < -0.3 is 5.32 Å². The lowest BCUT2D eigenvalue weighted by Gasteiger charge is -2.23. The van der Waals surface area contributed by atoms with E-state index in [1.54, 1.807) is 11.8 Å². The number of hydrogen-bond donors (Lipinski definition) is 1. The van der Waals surface area contributed by atoms with Gasteiger partial charge in [-0.05, 0) is 60.7 Å². The fraction of sp³-hybridized carbons (Fsp3) is 0.208. The Bertz CT molecular complexity index is 1140. The van der Waals surface area contributed by atoms with Gasteiger partial charge in [-0.3, -0.25) is 4.79 Å². The molecule has 168 valence electrons. The summed E-state index contributed by atoms with van der Waals surface area (Å²) in [6.45, 7) is 1.66. The third kappa shape index (κ3) is 6.36. The minimum absolute atomic E-state index is 0.0794. The second kappa shape index (κ2) is 11.0. The zero-order chi connectivity index (χ0) is 23.1. The molecule has 0 aromatic heterocycles. The molecule has 3 aromatic rings. The van der Waals surface area contributed by atoms with E-state index in [2.05, 4.69) is 5.32 Å². The number of sulfonamides is 1. The molecule has 8 heteroatoms. The van der Waals surface area contributed by atoms with Crippen molar-refractivity contribution >= 4 is 39.3 Å². The summed E-state index contributed by atoms with van der Waals surface area (Å²) in [5, 5.41) is 3.35. The van der Waals surface area contributed by atoms with Crippen molar-refractivity contribution in [3.63, 3.8) is 0 Å². The van der Waals surface area contributed by atoms with E-state index >= 15 is 0 Å². The molecular formula is C24H25ClN2O3S2. The lowest BCUT2D eigenvalue weighted by atomic mass is 10.1. The number of rotatable bonds is 9. The van der Waals surface area contributed by atoms with E-state index in [9.17, 15) is 13.2 Å². The van der Waals surface area contributed by atoms with Crippen LogP contribution in [0.15, 0.2) is 88.7 Å². The first kappa shape index (κ1) is 24.3. The fourth-order valence-electron chi connectivity index (χ4n) is 3.19. The molecule has 1 N–H and O–H groups in total. The number of nitrogens with one attached hydrogen (secondary N) is 1. The third-order valence-electron chi connectivity index (χ3n) is 4.97. The van der Waals surface area contributed by atoms with E-state index in [1.807, 2.05) is 67.8 Å². The van der Waals surface area contributed by atoms with Crippen molar-refractivity contribution in [2.75, 3.05) is 12.8 Å². The van der Waals surface area contributed by atoms with Gasteiger partial charge in [-0.25, -0.2) is 8.42 Å². The minimum Gasteiger partial charge on any atom is -0.348 e. The zero-order valence-corrected chi connectivity index (χ0v) is 20.3. The average molecular weight is 489 g/mol. The maximum absolute atomic E-state index is 13.3. The molecule has 32 heavy (non-hydrogen) atoms. The van der Waals surface area contributed by atoms with Crippen LogP contribution < -0.4 is 5.32 Å². The van der Waals surface area contributed by atoms with Gasteiger partial charge in [0.15, 0.2) is 0 Å². The molecule has 0 heterocycles. The van der Waals surface area contributed by atoms with Gasteiger partial charge in [-0.1, -0.05) is 54.1 Å². The lowest BCUT2D eigenvalue weighted by molar-refractivity contribution is -0.122. The summed E-state index contributed by atoms with van der Waals surface area (Å²) in [6, 6.07) is 22.8. The third-order valence-corrected chi connectivity index (χ3v) is 7.77. The monoisotopic (exact) mass is 488 g/mol. The highest BCUT2D eigenvalue weighted by molar-refractivity contribution is 7.98. The van der Waals surface area contributed by atoms with Crippen LogP contribution in [0.25, 0.3) is 0 Å². The van der Waals surface area contributed by atoms with Crippen LogP contribution in [0.4, 0.5) is 0 Å². The van der Waals surface area contributed by atoms with Crippen LogP contribution in [0, 0.1) is 0 Å². The molecule has 0 radical (unpaired) electrons. The van der Waals surface area contributed by atoms with Crippen molar-refractivity contribution in [1.82, 2.24) is 9.62 Å². The van der Waals surface area contributed by atoms with Crippen molar-refractivity contribution < 1.29 is 13.2 Å². The largest absolute Gasteiger partial charge is 0.348 e. The van der Waals surface area contributed by atoms with Crippen molar-refractivity contribution in [3.05, 3.63) is 95.0 Å². The molecule has 0 spiro atoms. The molecule has 3 aromatic carbocycles. The molecule has 3 rings (SSSR count). The number of carbonyl (C=O) groups is 1. The van der Waals surface area contributed by atoms with Gasteiger partial charge >= 0.3 is 0 Å². The van der Waals surface area contributed by atoms with Crippen molar-refractivity contribution in [3.8, 4) is 0 Å². The molecule has 0 aliphatic carbocycles. The summed E-state index contributed by atoms with van der Waals surface area (Å²) in [5.41, 5.74) is 1.74. The van der Waals surface area contributed by atoms with Crippen LogP contribution in [-0.2, 0) is 21.4 Å². The maximum atomic E-state index is 13.3. The highest BCUT2D eigenvalue weighted by atomic mass is 35.5. The summed E-state index contributed by atoms with van der Waals surface area (Å²) in [6.07, 6.45) is 2.00. The Morgan fingerprint density at radius 1 is 1.00 bits per heavy atom. The number of carbonyl (C=O) groups excluding carboxylic acids is 1. The van der Waals surface area contributed by atoms with Crippen LogP contribution in [0.1, 0.15) is 24.1 Å². The van der Waals surface area contributed by atoms with Gasteiger partial charge in [0.1, 0.15) is 0 Å². The van der Waals surface area contributed by atoms with Crippen LogP contribution in [0.5, 0.6) is 0 Å². The minimum atomic E-state index is -3.91. The summed E-state index contributed by atoms with van der Waals surface area (Å²) in [5.74, 6) is -0.375. The normalized spacial score (nSPS) is 12.5.